The zero-order chi connectivity index (χ0) is 32.6. The second-order valence-corrected chi connectivity index (χ2v) is 13.7. The summed E-state index contributed by atoms with van der Waals surface area (Å²) in [5, 5.41) is 11.8. The number of carbonyl (C=O) groups is 2. The van der Waals surface area contributed by atoms with Crippen molar-refractivity contribution in [2.24, 2.45) is 0 Å². The fourth-order valence-corrected chi connectivity index (χ4v) is 5.42. The number of aryl methyl sites for hydroxylation is 1. The molecule has 0 aromatic carbocycles. The van der Waals surface area contributed by atoms with E-state index in [0.717, 1.165) is 25.7 Å². The molecule has 3 heterocycles. The van der Waals surface area contributed by atoms with Gasteiger partial charge in [-0.3, -0.25) is 4.68 Å². The predicted octanol–water partition coefficient (Wildman–Crippen LogP) is 5.80. The third kappa shape index (κ3) is 10.7. The van der Waals surface area contributed by atoms with Crippen molar-refractivity contribution >= 4 is 40.8 Å². The molecule has 14 nitrogen and oxygen atoms in total. The molecule has 2 amide bonds. The number of anilines is 1. The molecule has 0 aliphatic heterocycles. The number of amides is 2. The van der Waals surface area contributed by atoms with Crippen LogP contribution in [0.5, 0.6) is 0 Å². The van der Waals surface area contributed by atoms with Crippen molar-refractivity contribution in [3.63, 3.8) is 0 Å². The van der Waals surface area contributed by atoms with Crippen molar-refractivity contribution in [2.75, 3.05) is 25.0 Å². The fraction of sp³-hybridized carbons (Fsp3) is 0.700. The van der Waals surface area contributed by atoms with Crippen molar-refractivity contribution in [1.82, 2.24) is 44.7 Å². The monoisotopic (exact) mass is 646 g/mol. The van der Waals surface area contributed by atoms with E-state index in [-0.39, 0.29) is 23.5 Å². The number of halogens is 1. The van der Waals surface area contributed by atoms with Gasteiger partial charge in [-0.05, 0) is 78.8 Å². The fourth-order valence-electron chi connectivity index (χ4n) is 5.25. The Morgan fingerprint density at radius 2 is 1.69 bits per heavy atom. The molecule has 0 radical (unpaired) electrons. The minimum atomic E-state index is -0.622. The molecule has 1 aliphatic carbocycles. The molecule has 1 aliphatic rings. The van der Waals surface area contributed by atoms with Crippen molar-refractivity contribution in [3.05, 3.63) is 23.5 Å². The highest BCUT2D eigenvalue weighted by Crippen LogP contribution is 2.25. The molecule has 1 fully saturated rings. The van der Waals surface area contributed by atoms with E-state index in [4.69, 9.17) is 21.1 Å². The summed E-state index contributed by atoms with van der Waals surface area (Å²) in [4.78, 5) is 45.4. The first-order valence-electron chi connectivity index (χ1n) is 15.7. The molecule has 3 aromatic heterocycles. The van der Waals surface area contributed by atoms with E-state index in [9.17, 15) is 9.59 Å². The number of H-pyrrole nitrogens is 1. The molecule has 0 atom stereocenters. The van der Waals surface area contributed by atoms with Gasteiger partial charge in [-0.1, -0.05) is 24.5 Å². The lowest BCUT2D eigenvalue weighted by molar-refractivity contribution is 0.00994. The van der Waals surface area contributed by atoms with Gasteiger partial charge < -0.3 is 29.6 Å². The van der Waals surface area contributed by atoms with Gasteiger partial charge in [0.05, 0.1) is 19.1 Å². The van der Waals surface area contributed by atoms with E-state index in [1.54, 1.807) is 9.58 Å². The number of fused-ring (bicyclic) bond motifs is 1. The Hall–Kier alpha value is -3.68. The van der Waals surface area contributed by atoms with Crippen LogP contribution in [0.1, 0.15) is 92.2 Å². The van der Waals surface area contributed by atoms with Crippen LogP contribution in [0.4, 0.5) is 15.4 Å². The van der Waals surface area contributed by atoms with E-state index in [0.29, 0.717) is 68.2 Å². The maximum absolute atomic E-state index is 13.2. The van der Waals surface area contributed by atoms with Crippen molar-refractivity contribution in [2.45, 2.75) is 117 Å². The van der Waals surface area contributed by atoms with Gasteiger partial charge in [-0.15, -0.1) is 5.10 Å². The minimum absolute atomic E-state index is 0.110. The molecule has 1 saturated carbocycles. The number of rotatable bonds is 12. The number of hydrogen-bond acceptors (Lipinski definition) is 10. The van der Waals surface area contributed by atoms with Gasteiger partial charge >= 0.3 is 12.2 Å². The third-order valence-electron chi connectivity index (χ3n) is 7.21. The Kier molecular flexibility index (Phi) is 11.5. The van der Waals surface area contributed by atoms with E-state index in [2.05, 4.69) is 35.6 Å². The number of imidazole rings is 1. The molecule has 0 unspecified atom stereocenters. The quantitative estimate of drug-likeness (QED) is 0.231. The van der Waals surface area contributed by atoms with Gasteiger partial charge in [-0.25, -0.2) is 14.6 Å². The molecule has 0 saturated heterocycles. The summed E-state index contributed by atoms with van der Waals surface area (Å²) in [6.45, 7) is 13.6. The molecule has 0 bridgehead atoms. The van der Waals surface area contributed by atoms with Gasteiger partial charge in [-0.2, -0.15) is 9.97 Å². The number of aromatic amines is 1. The van der Waals surface area contributed by atoms with Gasteiger partial charge in [0.2, 0.25) is 5.28 Å². The van der Waals surface area contributed by atoms with Crippen LogP contribution in [0.2, 0.25) is 5.28 Å². The largest absolute Gasteiger partial charge is 0.444 e. The highest BCUT2D eigenvalue weighted by Gasteiger charge is 2.30. The van der Waals surface area contributed by atoms with Crippen LogP contribution in [-0.2, 0) is 22.6 Å². The summed E-state index contributed by atoms with van der Waals surface area (Å²) < 4.78 is 13.2. The van der Waals surface area contributed by atoms with E-state index < -0.39 is 11.2 Å². The molecule has 248 valence electrons. The SMILES string of the molecule is CC(C)(C)OC(=O)N(CCCN(C(=O)OC(C)(C)C)C1CCCCC1)CCCn1cc(CNc2nc(Cl)nc3[nH]cnc23)nn1. The minimum Gasteiger partial charge on any atom is -0.444 e. The van der Waals surface area contributed by atoms with Crippen molar-refractivity contribution in [1.29, 1.82) is 0 Å². The van der Waals surface area contributed by atoms with E-state index >= 15 is 0 Å². The normalized spacial score (nSPS) is 14.4. The van der Waals surface area contributed by atoms with Gasteiger partial charge in [0.25, 0.3) is 0 Å². The lowest BCUT2D eigenvalue weighted by atomic mass is 9.94. The number of nitrogens with zero attached hydrogens (tertiary/aromatic N) is 8. The van der Waals surface area contributed by atoms with Gasteiger partial charge in [0, 0.05) is 32.2 Å². The van der Waals surface area contributed by atoms with Crippen LogP contribution in [0, 0.1) is 0 Å². The van der Waals surface area contributed by atoms with Crippen LogP contribution in [-0.4, -0.2) is 93.8 Å². The second-order valence-electron chi connectivity index (χ2n) is 13.4. The molecule has 45 heavy (non-hydrogen) atoms. The van der Waals surface area contributed by atoms with Crippen LogP contribution >= 0.6 is 11.6 Å². The van der Waals surface area contributed by atoms with Gasteiger partial charge in [0.15, 0.2) is 11.5 Å². The highest BCUT2D eigenvalue weighted by atomic mass is 35.5. The first kappa shape index (κ1) is 34.2. The molecule has 4 rings (SSSR count). The van der Waals surface area contributed by atoms with Crippen LogP contribution < -0.4 is 5.32 Å². The van der Waals surface area contributed by atoms with Crippen molar-refractivity contribution < 1.29 is 19.1 Å². The molecule has 3 aromatic rings. The summed E-state index contributed by atoms with van der Waals surface area (Å²) in [6, 6.07) is 0.163. The summed E-state index contributed by atoms with van der Waals surface area (Å²) in [7, 11) is 0. The number of ether oxygens (including phenoxy) is 2. The lowest BCUT2D eigenvalue weighted by Crippen LogP contribution is -2.46. The third-order valence-corrected chi connectivity index (χ3v) is 7.38. The Morgan fingerprint density at radius 1 is 1.00 bits per heavy atom. The van der Waals surface area contributed by atoms with E-state index in [1.165, 1.54) is 12.7 Å². The average Bonchev–Trinajstić information content (AvgIpc) is 3.61. The molecule has 0 spiro atoms. The summed E-state index contributed by atoms with van der Waals surface area (Å²) in [5.41, 5.74) is 0.648. The summed E-state index contributed by atoms with van der Waals surface area (Å²) in [5.74, 6) is 0.502. The van der Waals surface area contributed by atoms with E-state index in [1.807, 2.05) is 52.6 Å². The zero-order valence-electron chi connectivity index (χ0n) is 27.3. The first-order valence-corrected chi connectivity index (χ1v) is 16.1. The number of carbonyl (C=O) groups excluding carboxylic acids is 2. The van der Waals surface area contributed by atoms with Crippen LogP contribution in [0.25, 0.3) is 11.2 Å². The van der Waals surface area contributed by atoms with Crippen LogP contribution in [0.15, 0.2) is 12.5 Å². The maximum Gasteiger partial charge on any atom is 0.410 e. The smallest absolute Gasteiger partial charge is 0.410 e. The Balaban J connectivity index is 1.32. The maximum atomic E-state index is 13.2. The molecule has 15 heteroatoms. The summed E-state index contributed by atoms with van der Waals surface area (Å²) in [6.07, 6.45) is 9.34. The zero-order valence-corrected chi connectivity index (χ0v) is 28.1. The van der Waals surface area contributed by atoms with Crippen molar-refractivity contribution in [3.8, 4) is 0 Å². The Labute approximate surface area is 269 Å². The molecule has 2 N–H and O–H groups in total. The van der Waals surface area contributed by atoms with Crippen LogP contribution in [0.3, 0.4) is 0 Å². The molecular weight excluding hydrogens is 600 g/mol. The first-order chi connectivity index (χ1) is 21.3. The predicted molar refractivity (Wildman–Crippen MR) is 171 cm³/mol. The number of aromatic nitrogens is 7. The topological polar surface area (TPSA) is 156 Å². The number of hydrogen-bond donors (Lipinski definition) is 2. The Bertz CT molecular complexity index is 1410. The summed E-state index contributed by atoms with van der Waals surface area (Å²) >= 11 is 6.02. The lowest BCUT2D eigenvalue weighted by Gasteiger charge is -2.36. The average molecular weight is 647 g/mol. The highest BCUT2D eigenvalue weighted by molar-refractivity contribution is 6.28. The number of nitrogens with one attached hydrogen (secondary N) is 2. The molecular formula is C30H47ClN10O4. The van der Waals surface area contributed by atoms with Gasteiger partial charge in [0.1, 0.15) is 22.4 Å². The Morgan fingerprint density at radius 3 is 2.40 bits per heavy atom. The standard InChI is InChI=1S/C30H47ClN10O4/c1-29(2,3)44-27(42)39(15-11-17-41(22-12-8-7-9-13-22)28(43)45-30(4,5)6)14-10-16-40-19-21(37-38-40)18-32-24-23-25(34-20-33-23)36-26(31)35-24/h19-20,22H,7-18H2,1-6H3,(H2,32,33,34,35,36). The second kappa shape index (κ2) is 15.1.